The van der Waals surface area contributed by atoms with Crippen LogP contribution in [0.2, 0.25) is 0 Å². The van der Waals surface area contributed by atoms with Crippen molar-refractivity contribution in [3.8, 4) is 22.4 Å². The van der Waals surface area contributed by atoms with Gasteiger partial charge in [-0.2, -0.15) is 0 Å². The first-order valence-electron chi connectivity index (χ1n) is 10.1. The van der Waals surface area contributed by atoms with Crippen LogP contribution in [0.15, 0.2) is 98.6 Å². The maximum absolute atomic E-state index is 12.8. The van der Waals surface area contributed by atoms with Crippen LogP contribution in [0, 0.1) is 6.92 Å². The summed E-state index contributed by atoms with van der Waals surface area (Å²) >= 11 is 0. The minimum Gasteiger partial charge on any atom is -0.454 e. The van der Waals surface area contributed by atoms with E-state index in [0.717, 1.165) is 33.0 Å². The van der Waals surface area contributed by atoms with Gasteiger partial charge in [0.1, 0.15) is 16.7 Å². The molecule has 0 aliphatic rings. The Morgan fingerprint density at radius 3 is 2.32 bits per heavy atom. The molecular weight excluding hydrogens is 386 g/mol. The second kappa shape index (κ2) is 6.67. The third-order valence-electron chi connectivity index (χ3n) is 5.61. The molecule has 0 amide bonds. The van der Waals surface area contributed by atoms with E-state index in [2.05, 4.69) is 31.2 Å². The second-order valence-electron chi connectivity index (χ2n) is 7.68. The SMILES string of the molecule is Cc1ccc(-c2cc(-c3cc4ccccc4oc3=O)nc3c2oc2ccccc23)cc1. The molecule has 0 saturated carbocycles. The summed E-state index contributed by atoms with van der Waals surface area (Å²) < 4.78 is 11.8. The highest BCUT2D eigenvalue weighted by molar-refractivity contribution is 6.08. The van der Waals surface area contributed by atoms with Gasteiger partial charge in [0.2, 0.25) is 0 Å². The molecule has 4 nitrogen and oxygen atoms in total. The lowest BCUT2D eigenvalue weighted by Gasteiger charge is -2.07. The Bertz CT molecular complexity index is 1660. The Balaban J connectivity index is 1.71. The number of hydrogen-bond donors (Lipinski definition) is 0. The van der Waals surface area contributed by atoms with Crippen molar-refractivity contribution in [1.29, 1.82) is 0 Å². The van der Waals surface area contributed by atoms with Crippen molar-refractivity contribution in [2.24, 2.45) is 0 Å². The Morgan fingerprint density at radius 2 is 1.48 bits per heavy atom. The van der Waals surface area contributed by atoms with E-state index in [0.29, 0.717) is 22.4 Å². The molecule has 6 rings (SSSR count). The smallest absolute Gasteiger partial charge is 0.345 e. The molecule has 0 aliphatic heterocycles. The highest BCUT2D eigenvalue weighted by Gasteiger charge is 2.18. The average Bonchev–Trinajstić information content (AvgIpc) is 3.17. The summed E-state index contributed by atoms with van der Waals surface area (Å²) in [4.78, 5) is 17.7. The van der Waals surface area contributed by atoms with Gasteiger partial charge >= 0.3 is 5.63 Å². The molecule has 0 radical (unpaired) electrons. The molecule has 4 heteroatoms. The van der Waals surface area contributed by atoms with E-state index < -0.39 is 5.63 Å². The fraction of sp³-hybridized carbons (Fsp3) is 0.0370. The molecule has 3 aromatic carbocycles. The first kappa shape index (κ1) is 17.7. The van der Waals surface area contributed by atoms with Gasteiger partial charge in [-0.25, -0.2) is 9.78 Å². The van der Waals surface area contributed by atoms with Gasteiger partial charge in [0.05, 0.1) is 11.3 Å². The molecule has 0 fully saturated rings. The zero-order valence-corrected chi connectivity index (χ0v) is 16.8. The van der Waals surface area contributed by atoms with Crippen LogP contribution in [-0.2, 0) is 0 Å². The van der Waals surface area contributed by atoms with E-state index in [-0.39, 0.29) is 0 Å². The Labute approximate surface area is 177 Å². The number of hydrogen-bond acceptors (Lipinski definition) is 4. The average molecular weight is 403 g/mol. The van der Waals surface area contributed by atoms with Gasteiger partial charge in [-0.1, -0.05) is 60.2 Å². The molecular formula is C27H17NO3. The number of rotatable bonds is 2. The molecule has 0 saturated heterocycles. The quantitative estimate of drug-likeness (QED) is 0.301. The molecule has 31 heavy (non-hydrogen) atoms. The molecule has 0 bridgehead atoms. The van der Waals surface area contributed by atoms with Crippen molar-refractivity contribution in [2.45, 2.75) is 6.92 Å². The maximum atomic E-state index is 12.8. The molecule has 6 aromatic rings. The molecule has 0 spiro atoms. The number of para-hydroxylation sites is 2. The first-order valence-corrected chi connectivity index (χ1v) is 10.1. The fourth-order valence-corrected chi connectivity index (χ4v) is 4.01. The Kier molecular flexibility index (Phi) is 3.80. The number of nitrogens with zero attached hydrogens (tertiary/aromatic N) is 1. The van der Waals surface area contributed by atoms with Gasteiger partial charge in [-0.15, -0.1) is 0 Å². The Hall–Kier alpha value is -4.18. The van der Waals surface area contributed by atoms with Crippen LogP contribution < -0.4 is 5.63 Å². The van der Waals surface area contributed by atoms with Crippen molar-refractivity contribution in [3.05, 3.63) is 101 Å². The van der Waals surface area contributed by atoms with E-state index in [1.165, 1.54) is 5.56 Å². The predicted octanol–water partition coefficient (Wildman–Crippen LogP) is 6.73. The van der Waals surface area contributed by atoms with Crippen LogP contribution in [0.3, 0.4) is 0 Å². The van der Waals surface area contributed by atoms with E-state index in [4.69, 9.17) is 13.8 Å². The monoisotopic (exact) mass is 403 g/mol. The highest BCUT2D eigenvalue weighted by Crippen LogP contribution is 2.37. The molecule has 0 unspecified atom stereocenters. The van der Waals surface area contributed by atoms with E-state index >= 15 is 0 Å². The lowest BCUT2D eigenvalue weighted by Crippen LogP contribution is -2.04. The van der Waals surface area contributed by atoms with Gasteiger partial charge in [0.25, 0.3) is 0 Å². The number of furan rings is 1. The van der Waals surface area contributed by atoms with Gasteiger partial charge in [0.15, 0.2) is 5.58 Å². The van der Waals surface area contributed by atoms with E-state index in [1.54, 1.807) is 6.07 Å². The van der Waals surface area contributed by atoms with Crippen molar-refractivity contribution < 1.29 is 8.83 Å². The fourth-order valence-electron chi connectivity index (χ4n) is 4.01. The van der Waals surface area contributed by atoms with Gasteiger partial charge in [-0.3, -0.25) is 0 Å². The highest BCUT2D eigenvalue weighted by atomic mass is 16.4. The third-order valence-corrected chi connectivity index (χ3v) is 5.61. The number of benzene rings is 3. The van der Waals surface area contributed by atoms with Gasteiger partial charge in [-0.05, 0) is 42.8 Å². The standard InChI is InChI=1S/C27H17NO3/c1-16-10-12-17(13-11-16)20-15-22(21-14-18-6-2-4-8-23(18)31-27(21)29)28-25-19-7-3-5-9-24(19)30-26(20)25/h2-15H,1H3. The van der Waals surface area contributed by atoms with Crippen molar-refractivity contribution in [2.75, 3.05) is 0 Å². The van der Waals surface area contributed by atoms with Crippen LogP contribution in [0.1, 0.15) is 5.56 Å². The maximum Gasteiger partial charge on any atom is 0.345 e. The number of aryl methyl sites for hydroxylation is 1. The summed E-state index contributed by atoms with van der Waals surface area (Å²) in [5, 5.41) is 1.77. The van der Waals surface area contributed by atoms with Crippen LogP contribution in [0.4, 0.5) is 0 Å². The second-order valence-corrected chi connectivity index (χ2v) is 7.68. The molecule has 3 heterocycles. The molecule has 0 aliphatic carbocycles. The topological polar surface area (TPSA) is 56.2 Å². The predicted molar refractivity (Wildman–Crippen MR) is 123 cm³/mol. The van der Waals surface area contributed by atoms with Gasteiger partial charge < -0.3 is 8.83 Å². The molecule has 0 atom stereocenters. The Morgan fingerprint density at radius 1 is 0.742 bits per heavy atom. The van der Waals surface area contributed by atoms with Crippen LogP contribution in [-0.4, -0.2) is 4.98 Å². The van der Waals surface area contributed by atoms with Crippen molar-refractivity contribution in [3.63, 3.8) is 0 Å². The van der Waals surface area contributed by atoms with Crippen LogP contribution in [0.5, 0.6) is 0 Å². The lowest BCUT2D eigenvalue weighted by molar-refractivity contribution is 0.563. The summed E-state index contributed by atoms with van der Waals surface area (Å²) in [6.45, 7) is 2.05. The summed E-state index contributed by atoms with van der Waals surface area (Å²) in [6.07, 6.45) is 0. The normalized spacial score (nSPS) is 11.5. The minimum atomic E-state index is -0.409. The minimum absolute atomic E-state index is 0.409. The number of aromatic nitrogens is 1. The molecule has 0 N–H and O–H groups in total. The molecule has 148 valence electrons. The van der Waals surface area contributed by atoms with Crippen LogP contribution in [0.25, 0.3) is 55.4 Å². The first-order chi connectivity index (χ1) is 15.2. The van der Waals surface area contributed by atoms with Gasteiger partial charge in [0, 0.05) is 16.3 Å². The zero-order chi connectivity index (χ0) is 20.9. The lowest BCUT2D eigenvalue weighted by atomic mass is 10.0. The zero-order valence-electron chi connectivity index (χ0n) is 16.8. The van der Waals surface area contributed by atoms with E-state index in [9.17, 15) is 4.79 Å². The number of pyridine rings is 1. The van der Waals surface area contributed by atoms with E-state index in [1.807, 2.05) is 54.6 Å². The summed E-state index contributed by atoms with van der Waals surface area (Å²) in [5.74, 6) is 0. The van der Waals surface area contributed by atoms with Crippen molar-refractivity contribution >= 4 is 33.0 Å². The third kappa shape index (κ3) is 2.84. The summed E-state index contributed by atoms with van der Waals surface area (Å²) in [5.41, 5.74) is 6.42. The van der Waals surface area contributed by atoms with Crippen LogP contribution >= 0.6 is 0 Å². The molecule has 3 aromatic heterocycles. The summed E-state index contributed by atoms with van der Waals surface area (Å²) in [6, 6.07) is 27.3. The summed E-state index contributed by atoms with van der Waals surface area (Å²) in [7, 11) is 0. The number of fused-ring (bicyclic) bond motifs is 4. The van der Waals surface area contributed by atoms with Crippen molar-refractivity contribution in [1.82, 2.24) is 4.98 Å². The largest absolute Gasteiger partial charge is 0.454 e.